The maximum atomic E-state index is 4.53. The van der Waals surface area contributed by atoms with Gasteiger partial charge in [-0.05, 0) is 12.0 Å². The van der Waals surface area contributed by atoms with Crippen LogP contribution in [0.25, 0.3) is 0 Å². The molecule has 0 aliphatic carbocycles. The van der Waals surface area contributed by atoms with Crippen LogP contribution in [0.5, 0.6) is 0 Å². The second kappa shape index (κ2) is 6.20. The Morgan fingerprint density at radius 1 is 1.30 bits per heavy atom. The predicted octanol–water partition coefficient (Wildman–Crippen LogP) is 1.61. The molecule has 20 heavy (non-hydrogen) atoms. The van der Waals surface area contributed by atoms with Gasteiger partial charge in [-0.15, -0.1) is 0 Å². The quantitative estimate of drug-likeness (QED) is 0.916. The molecule has 2 aromatic rings. The minimum absolute atomic E-state index is 0.382. The highest BCUT2D eigenvalue weighted by atomic mass is 15.3. The van der Waals surface area contributed by atoms with E-state index in [9.17, 15) is 0 Å². The Balaban J connectivity index is 1.68. The number of nitrogens with zero attached hydrogens (tertiary/aromatic N) is 3. The molecule has 0 amide bonds. The van der Waals surface area contributed by atoms with E-state index in [0.717, 1.165) is 38.4 Å². The zero-order chi connectivity index (χ0) is 13.8. The second-order valence-electron chi connectivity index (χ2n) is 5.39. The van der Waals surface area contributed by atoms with Crippen LogP contribution in [0.4, 0.5) is 0 Å². The number of imidazole rings is 1. The molecule has 0 spiro atoms. The lowest BCUT2D eigenvalue weighted by molar-refractivity contribution is 0.155. The van der Waals surface area contributed by atoms with Crippen molar-refractivity contribution in [2.24, 2.45) is 7.05 Å². The molecule has 106 valence electrons. The van der Waals surface area contributed by atoms with Crippen molar-refractivity contribution in [1.82, 2.24) is 19.8 Å². The minimum Gasteiger partial charge on any atom is -0.337 e. The van der Waals surface area contributed by atoms with Crippen LogP contribution in [0.15, 0.2) is 42.7 Å². The van der Waals surface area contributed by atoms with Crippen molar-refractivity contribution < 1.29 is 0 Å². The third-order valence-electron chi connectivity index (χ3n) is 4.04. The number of piperazine rings is 1. The summed E-state index contributed by atoms with van der Waals surface area (Å²) in [5, 5.41) is 3.48. The first-order valence-electron chi connectivity index (χ1n) is 7.30. The standard InChI is InChI=1S/C16H22N4/c1-19-11-9-18-16(19)15-13-17-8-12-20(15)10-7-14-5-3-2-4-6-14/h2-6,9,11,15,17H,7-8,10,12-13H2,1H3. The van der Waals surface area contributed by atoms with Crippen molar-refractivity contribution in [3.8, 4) is 0 Å². The first kappa shape index (κ1) is 13.3. The summed E-state index contributed by atoms with van der Waals surface area (Å²) < 4.78 is 2.13. The highest BCUT2D eigenvalue weighted by Gasteiger charge is 2.26. The Kier molecular flexibility index (Phi) is 4.14. The van der Waals surface area contributed by atoms with Gasteiger partial charge in [-0.2, -0.15) is 0 Å². The summed E-state index contributed by atoms with van der Waals surface area (Å²) in [7, 11) is 2.08. The van der Waals surface area contributed by atoms with Gasteiger partial charge in [0.15, 0.2) is 0 Å². The van der Waals surface area contributed by atoms with E-state index < -0.39 is 0 Å². The van der Waals surface area contributed by atoms with E-state index in [0.29, 0.717) is 6.04 Å². The molecule has 1 N–H and O–H groups in total. The Hall–Kier alpha value is -1.65. The van der Waals surface area contributed by atoms with E-state index in [1.165, 1.54) is 5.56 Å². The van der Waals surface area contributed by atoms with Gasteiger partial charge in [-0.3, -0.25) is 4.90 Å². The Morgan fingerprint density at radius 2 is 2.15 bits per heavy atom. The van der Waals surface area contributed by atoms with Crippen molar-refractivity contribution in [2.75, 3.05) is 26.2 Å². The first-order chi connectivity index (χ1) is 9.84. The minimum atomic E-state index is 0.382. The lowest BCUT2D eigenvalue weighted by Gasteiger charge is -2.35. The first-order valence-corrected chi connectivity index (χ1v) is 7.30. The van der Waals surface area contributed by atoms with E-state index in [-0.39, 0.29) is 0 Å². The predicted molar refractivity (Wildman–Crippen MR) is 80.5 cm³/mol. The van der Waals surface area contributed by atoms with Gasteiger partial charge in [-0.1, -0.05) is 30.3 Å². The van der Waals surface area contributed by atoms with E-state index in [4.69, 9.17) is 0 Å². The summed E-state index contributed by atoms with van der Waals surface area (Å²) in [6.07, 6.45) is 5.01. The Labute approximate surface area is 120 Å². The number of nitrogens with one attached hydrogen (secondary N) is 1. The van der Waals surface area contributed by atoms with E-state index in [1.54, 1.807) is 0 Å². The Bertz CT molecular complexity index is 534. The number of hydrogen-bond donors (Lipinski definition) is 1. The van der Waals surface area contributed by atoms with Gasteiger partial charge in [0.2, 0.25) is 0 Å². The normalized spacial score (nSPS) is 20.1. The lowest BCUT2D eigenvalue weighted by atomic mass is 10.1. The van der Waals surface area contributed by atoms with Crippen LogP contribution in [-0.2, 0) is 13.5 Å². The molecule has 1 aliphatic rings. The monoisotopic (exact) mass is 270 g/mol. The number of hydrogen-bond acceptors (Lipinski definition) is 3. The van der Waals surface area contributed by atoms with Crippen LogP contribution in [0.1, 0.15) is 17.4 Å². The zero-order valence-electron chi connectivity index (χ0n) is 12.0. The van der Waals surface area contributed by atoms with Gasteiger partial charge in [0.1, 0.15) is 5.82 Å². The molecule has 0 saturated carbocycles. The topological polar surface area (TPSA) is 33.1 Å². The highest BCUT2D eigenvalue weighted by molar-refractivity contribution is 5.15. The maximum Gasteiger partial charge on any atom is 0.127 e. The Morgan fingerprint density at radius 3 is 2.90 bits per heavy atom. The van der Waals surface area contributed by atoms with E-state index >= 15 is 0 Å². The molecule has 1 aromatic carbocycles. The van der Waals surface area contributed by atoms with E-state index in [2.05, 4.69) is 57.1 Å². The maximum absolute atomic E-state index is 4.53. The van der Waals surface area contributed by atoms with Crippen LogP contribution in [-0.4, -0.2) is 40.6 Å². The summed E-state index contributed by atoms with van der Waals surface area (Å²) in [6, 6.07) is 11.1. The molecule has 0 radical (unpaired) electrons. The molecule has 3 rings (SSSR count). The van der Waals surface area contributed by atoms with Crippen LogP contribution in [0.3, 0.4) is 0 Å². The molecule has 4 heteroatoms. The molecule has 1 saturated heterocycles. The molecule has 0 bridgehead atoms. The van der Waals surface area contributed by atoms with Crippen molar-refractivity contribution in [3.63, 3.8) is 0 Å². The molecule has 1 aromatic heterocycles. The number of aryl methyl sites for hydroxylation is 1. The van der Waals surface area contributed by atoms with E-state index in [1.807, 2.05) is 12.4 Å². The molecule has 4 nitrogen and oxygen atoms in total. The number of rotatable bonds is 4. The van der Waals surface area contributed by atoms with Gasteiger partial charge in [0, 0.05) is 45.6 Å². The number of benzene rings is 1. The van der Waals surface area contributed by atoms with Crippen LogP contribution in [0.2, 0.25) is 0 Å². The van der Waals surface area contributed by atoms with Crippen LogP contribution in [0, 0.1) is 0 Å². The third kappa shape index (κ3) is 2.92. The van der Waals surface area contributed by atoms with Gasteiger partial charge in [0.05, 0.1) is 6.04 Å². The lowest BCUT2D eigenvalue weighted by Crippen LogP contribution is -2.47. The fraction of sp³-hybridized carbons (Fsp3) is 0.438. The smallest absolute Gasteiger partial charge is 0.127 e. The largest absolute Gasteiger partial charge is 0.337 e. The molecule has 1 unspecified atom stereocenters. The van der Waals surface area contributed by atoms with Crippen LogP contribution < -0.4 is 5.32 Å². The SMILES string of the molecule is Cn1ccnc1C1CNCCN1CCc1ccccc1. The highest BCUT2D eigenvalue weighted by Crippen LogP contribution is 2.20. The summed E-state index contributed by atoms with van der Waals surface area (Å²) in [4.78, 5) is 7.07. The summed E-state index contributed by atoms with van der Waals surface area (Å²) in [6.45, 7) is 4.23. The molecule has 1 fully saturated rings. The van der Waals surface area contributed by atoms with Crippen molar-refractivity contribution >= 4 is 0 Å². The van der Waals surface area contributed by atoms with Gasteiger partial charge in [-0.25, -0.2) is 4.98 Å². The summed E-state index contributed by atoms with van der Waals surface area (Å²) >= 11 is 0. The fourth-order valence-corrected chi connectivity index (χ4v) is 2.88. The summed E-state index contributed by atoms with van der Waals surface area (Å²) in [5.41, 5.74) is 1.41. The van der Waals surface area contributed by atoms with Gasteiger partial charge < -0.3 is 9.88 Å². The average Bonchev–Trinajstić information content (AvgIpc) is 2.92. The van der Waals surface area contributed by atoms with Gasteiger partial charge >= 0.3 is 0 Å². The summed E-state index contributed by atoms with van der Waals surface area (Å²) in [5.74, 6) is 1.16. The molecule has 1 aliphatic heterocycles. The fourth-order valence-electron chi connectivity index (χ4n) is 2.88. The average molecular weight is 270 g/mol. The molecule has 2 heterocycles. The van der Waals surface area contributed by atoms with Gasteiger partial charge in [0.25, 0.3) is 0 Å². The van der Waals surface area contributed by atoms with Crippen molar-refractivity contribution in [1.29, 1.82) is 0 Å². The van der Waals surface area contributed by atoms with Crippen molar-refractivity contribution in [3.05, 3.63) is 54.1 Å². The molecular weight excluding hydrogens is 248 g/mol. The molecule has 1 atom stereocenters. The molecular formula is C16H22N4. The zero-order valence-corrected chi connectivity index (χ0v) is 12.0. The third-order valence-corrected chi connectivity index (χ3v) is 4.04. The van der Waals surface area contributed by atoms with Crippen molar-refractivity contribution in [2.45, 2.75) is 12.5 Å². The van der Waals surface area contributed by atoms with Crippen LogP contribution >= 0.6 is 0 Å². The number of aromatic nitrogens is 2. The second-order valence-corrected chi connectivity index (χ2v) is 5.39.